The summed E-state index contributed by atoms with van der Waals surface area (Å²) in [4.78, 5) is 12.6. The van der Waals surface area contributed by atoms with Crippen LogP contribution in [-0.4, -0.2) is 5.78 Å². The molecule has 0 aromatic heterocycles. The number of ketones is 1. The van der Waals surface area contributed by atoms with Crippen molar-refractivity contribution < 1.29 is 4.79 Å². The summed E-state index contributed by atoms with van der Waals surface area (Å²) in [6.07, 6.45) is 8.78. The molecular formula is C25H32O. The van der Waals surface area contributed by atoms with Crippen molar-refractivity contribution in [3.63, 3.8) is 0 Å². The van der Waals surface area contributed by atoms with Gasteiger partial charge in [-0.25, -0.2) is 0 Å². The van der Waals surface area contributed by atoms with Crippen molar-refractivity contribution >= 4 is 5.78 Å². The van der Waals surface area contributed by atoms with Crippen molar-refractivity contribution in [2.45, 2.75) is 77.6 Å². The lowest BCUT2D eigenvalue weighted by Gasteiger charge is -2.32. The van der Waals surface area contributed by atoms with E-state index < -0.39 is 0 Å². The molecule has 0 amide bonds. The van der Waals surface area contributed by atoms with Crippen molar-refractivity contribution in [3.05, 3.63) is 59.2 Å². The predicted octanol–water partition coefficient (Wildman–Crippen LogP) is 7.32. The van der Waals surface area contributed by atoms with E-state index in [1.54, 1.807) is 0 Å². The number of benzene rings is 2. The topological polar surface area (TPSA) is 17.1 Å². The molecule has 138 valence electrons. The van der Waals surface area contributed by atoms with Crippen LogP contribution >= 0.6 is 0 Å². The zero-order chi connectivity index (χ0) is 18.6. The normalized spacial score (nSPS) is 14.1. The van der Waals surface area contributed by atoms with Crippen LogP contribution in [0.25, 0.3) is 11.1 Å². The first kappa shape index (κ1) is 18.9. The summed E-state index contributed by atoms with van der Waals surface area (Å²) in [5.74, 6) is 0.283. The quantitative estimate of drug-likeness (QED) is 0.434. The number of rotatable bonds is 9. The van der Waals surface area contributed by atoms with Crippen LogP contribution in [0, 0.1) is 0 Å². The Hall–Kier alpha value is -1.89. The van der Waals surface area contributed by atoms with Gasteiger partial charge in [0.05, 0.1) is 0 Å². The molecule has 1 aliphatic rings. The van der Waals surface area contributed by atoms with Gasteiger partial charge in [0.25, 0.3) is 0 Å². The maximum atomic E-state index is 12.6. The van der Waals surface area contributed by atoms with Crippen LogP contribution in [0.3, 0.4) is 0 Å². The second kappa shape index (κ2) is 8.20. The van der Waals surface area contributed by atoms with Crippen LogP contribution < -0.4 is 0 Å². The highest BCUT2D eigenvalue weighted by atomic mass is 16.1. The van der Waals surface area contributed by atoms with Gasteiger partial charge in [0.15, 0.2) is 5.78 Å². The van der Waals surface area contributed by atoms with Gasteiger partial charge in [0.2, 0.25) is 0 Å². The van der Waals surface area contributed by atoms with Gasteiger partial charge in [-0.15, -0.1) is 0 Å². The van der Waals surface area contributed by atoms with Gasteiger partial charge in [-0.05, 0) is 47.6 Å². The fourth-order valence-electron chi connectivity index (χ4n) is 4.62. The molecule has 0 saturated carbocycles. The molecule has 0 fully saturated rings. The third-order valence-electron chi connectivity index (χ3n) is 5.98. The zero-order valence-corrected chi connectivity index (χ0v) is 16.6. The van der Waals surface area contributed by atoms with Gasteiger partial charge in [-0.2, -0.15) is 0 Å². The summed E-state index contributed by atoms with van der Waals surface area (Å²) in [5.41, 5.74) is 6.60. The van der Waals surface area contributed by atoms with Crippen molar-refractivity contribution in [2.75, 3.05) is 0 Å². The summed E-state index contributed by atoms with van der Waals surface area (Å²) in [5, 5.41) is 0. The van der Waals surface area contributed by atoms with Crippen LogP contribution in [0.2, 0.25) is 0 Å². The summed E-state index contributed by atoms with van der Waals surface area (Å²) in [7, 11) is 0. The van der Waals surface area contributed by atoms with Gasteiger partial charge < -0.3 is 0 Å². The lowest BCUT2D eigenvalue weighted by molar-refractivity contribution is 0.0981. The van der Waals surface area contributed by atoms with E-state index in [0.717, 1.165) is 12.0 Å². The molecule has 26 heavy (non-hydrogen) atoms. The van der Waals surface area contributed by atoms with Gasteiger partial charge in [0.1, 0.15) is 0 Å². The molecule has 1 aliphatic carbocycles. The molecule has 0 aliphatic heterocycles. The number of carbonyl (C=O) groups excluding carboxylic acids is 1. The Morgan fingerprint density at radius 2 is 1.46 bits per heavy atom. The minimum atomic E-state index is 0.0838. The highest BCUT2D eigenvalue weighted by Crippen LogP contribution is 2.54. The highest BCUT2D eigenvalue weighted by molar-refractivity contribution is 5.97. The Balaban J connectivity index is 2.16. The molecule has 3 rings (SSSR count). The van der Waals surface area contributed by atoms with Crippen LogP contribution in [0.4, 0.5) is 0 Å². The molecule has 1 nitrogen and oxygen atoms in total. The number of unbranched alkanes of at least 4 members (excludes halogenated alkanes) is 2. The lowest BCUT2D eigenvalue weighted by atomic mass is 9.70. The Bertz CT molecular complexity index is 763. The van der Waals surface area contributed by atoms with Crippen molar-refractivity contribution in [3.8, 4) is 11.1 Å². The average molecular weight is 349 g/mol. The van der Waals surface area contributed by atoms with E-state index in [2.05, 4.69) is 57.2 Å². The Morgan fingerprint density at radius 1 is 0.808 bits per heavy atom. The van der Waals surface area contributed by atoms with Gasteiger partial charge >= 0.3 is 0 Å². The van der Waals surface area contributed by atoms with E-state index in [1.807, 2.05) is 6.07 Å². The minimum absolute atomic E-state index is 0.0838. The largest absolute Gasteiger partial charge is 0.294 e. The van der Waals surface area contributed by atoms with Crippen LogP contribution in [0.1, 0.15) is 93.6 Å². The first-order valence-electron chi connectivity index (χ1n) is 10.5. The average Bonchev–Trinajstić information content (AvgIpc) is 2.95. The van der Waals surface area contributed by atoms with Crippen LogP contribution in [0.15, 0.2) is 42.5 Å². The molecule has 0 saturated heterocycles. The Labute approximate surface area is 158 Å². The molecule has 0 heterocycles. The number of Topliss-reactive ketones (excluding diaryl/α,β-unsaturated/α-hetero) is 1. The second-order valence-electron chi connectivity index (χ2n) is 7.77. The van der Waals surface area contributed by atoms with E-state index in [-0.39, 0.29) is 11.2 Å². The predicted molar refractivity (Wildman–Crippen MR) is 111 cm³/mol. The number of carbonyl (C=O) groups is 1. The SMILES string of the molecule is CCCCC1(CCCC)c2ccccc2-c2ccc(C(=O)CCC)cc21. The summed E-state index contributed by atoms with van der Waals surface area (Å²) >= 11 is 0. The summed E-state index contributed by atoms with van der Waals surface area (Å²) in [6, 6.07) is 15.4. The van der Waals surface area contributed by atoms with E-state index in [1.165, 1.54) is 60.8 Å². The third-order valence-corrected chi connectivity index (χ3v) is 5.98. The molecule has 0 bridgehead atoms. The Kier molecular flexibility index (Phi) is 5.96. The van der Waals surface area contributed by atoms with Gasteiger partial charge in [-0.3, -0.25) is 4.79 Å². The fraction of sp³-hybridized carbons (Fsp3) is 0.480. The van der Waals surface area contributed by atoms with Crippen LogP contribution in [0.5, 0.6) is 0 Å². The molecule has 0 radical (unpaired) electrons. The standard InChI is InChI=1S/C25H32O/c1-4-7-16-25(17-8-5-2)22-13-10-9-12-20(22)21-15-14-19(18-23(21)25)24(26)11-6-3/h9-10,12-15,18H,4-8,11,16-17H2,1-3H3. The number of hydrogen-bond acceptors (Lipinski definition) is 1. The molecule has 0 N–H and O–H groups in total. The highest BCUT2D eigenvalue weighted by Gasteiger charge is 2.42. The number of fused-ring (bicyclic) bond motifs is 3. The van der Waals surface area contributed by atoms with E-state index in [0.29, 0.717) is 6.42 Å². The number of hydrogen-bond donors (Lipinski definition) is 0. The zero-order valence-electron chi connectivity index (χ0n) is 16.6. The van der Waals surface area contributed by atoms with E-state index in [9.17, 15) is 4.79 Å². The molecule has 2 aromatic rings. The first-order chi connectivity index (χ1) is 12.7. The summed E-state index contributed by atoms with van der Waals surface area (Å²) in [6.45, 7) is 6.63. The molecule has 0 spiro atoms. The van der Waals surface area contributed by atoms with Crippen molar-refractivity contribution in [2.24, 2.45) is 0 Å². The summed E-state index contributed by atoms with van der Waals surface area (Å²) < 4.78 is 0. The fourth-order valence-corrected chi connectivity index (χ4v) is 4.62. The smallest absolute Gasteiger partial charge is 0.162 e. The maximum Gasteiger partial charge on any atom is 0.162 e. The van der Waals surface area contributed by atoms with E-state index in [4.69, 9.17) is 0 Å². The van der Waals surface area contributed by atoms with E-state index >= 15 is 0 Å². The molecule has 1 heteroatoms. The van der Waals surface area contributed by atoms with Gasteiger partial charge in [0, 0.05) is 17.4 Å². The van der Waals surface area contributed by atoms with Crippen molar-refractivity contribution in [1.29, 1.82) is 0 Å². The molecule has 2 aromatic carbocycles. The minimum Gasteiger partial charge on any atom is -0.294 e. The maximum absolute atomic E-state index is 12.6. The molecule has 0 atom stereocenters. The lowest BCUT2D eigenvalue weighted by Crippen LogP contribution is -2.25. The molecule has 0 unspecified atom stereocenters. The first-order valence-corrected chi connectivity index (χ1v) is 10.5. The van der Waals surface area contributed by atoms with Crippen LogP contribution in [-0.2, 0) is 5.41 Å². The second-order valence-corrected chi connectivity index (χ2v) is 7.77. The van der Waals surface area contributed by atoms with Crippen molar-refractivity contribution in [1.82, 2.24) is 0 Å². The molecular weight excluding hydrogens is 316 g/mol. The Morgan fingerprint density at radius 3 is 2.12 bits per heavy atom. The third kappa shape index (κ3) is 3.24. The van der Waals surface area contributed by atoms with Gasteiger partial charge in [-0.1, -0.05) is 82.9 Å². The monoisotopic (exact) mass is 348 g/mol.